The van der Waals surface area contributed by atoms with Crippen molar-refractivity contribution in [2.75, 3.05) is 13.6 Å². The molecular weight excluding hydrogens is 228 g/mol. The predicted octanol–water partition coefficient (Wildman–Crippen LogP) is 3.36. The molecule has 0 unspecified atom stereocenters. The maximum atomic E-state index is 4.75. The monoisotopic (exact) mass is 248 g/mol. The van der Waals surface area contributed by atoms with Gasteiger partial charge in [-0.25, -0.2) is 4.98 Å². The van der Waals surface area contributed by atoms with E-state index < -0.39 is 0 Å². The van der Waals surface area contributed by atoms with Crippen molar-refractivity contribution in [3.05, 3.63) is 28.8 Å². The van der Waals surface area contributed by atoms with Gasteiger partial charge >= 0.3 is 0 Å². The molecule has 2 nitrogen and oxygen atoms in total. The first-order valence-corrected chi connectivity index (χ1v) is 6.87. The minimum atomic E-state index is 0.148. The molecule has 0 radical (unpaired) electrons. The second-order valence-corrected chi connectivity index (χ2v) is 6.46. The van der Waals surface area contributed by atoms with Crippen molar-refractivity contribution in [1.29, 1.82) is 0 Å². The van der Waals surface area contributed by atoms with Crippen LogP contribution in [0, 0.1) is 0 Å². The van der Waals surface area contributed by atoms with Crippen molar-refractivity contribution >= 4 is 21.6 Å². The summed E-state index contributed by atoms with van der Waals surface area (Å²) in [5.74, 6) is 0. The van der Waals surface area contributed by atoms with Crippen LogP contribution in [0.3, 0.4) is 0 Å². The highest BCUT2D eigenvalue weighted by Gasteiger charge is 2.18. The molecule has 0 amide bonds. The molecule has 0 bridgehead atoms. The molecule has 1 heterocycles. The van der Waals surface area contributed by atoms with Crippen molar-refractivity contribution < 1.29 is 0 Å². The molecule has 0 spiro atoms. The summed E-state index contributed by atoms with van der Waals surface area (Å²) in [5.41, 5.74) is 2.65. The molecule has 1 aromatic carbocycles. The number of fused-ring (bicyclic) bond motifs is 1. The third-order valence-electron chi connectivity index (χ3n) is 2.76. The highest BCUT2D eigenvalue weighted by atomic mass is 32.1. The van der Waals surface area contributed by atoms with E-state index in [-0.39, 0.29) is 5.41 Å². The highest BCUT2D eigenvalue weighted by molar-refractivity contribution is 7.18. The van der Waals surface area contributed by atoms with Crippen LogP contribution in [0.1, 0.15) is 31.3 Å². The van der Waals surface area contributed by atoms with E-state index >= 15 is 0 Å². The van der Waals surface area contributed by atoms with Crippen molar-refractivity contribution in [2.24, 2.45) is 0 Å². The SMILES string of the molecule is CNCCc1ccc2sc(C(C)(C)C)nc2c1. The lowest BCUT2D eigenvalue weighted by atomic mass is 9.98. The molecule has 0 saturated heterocycles. The lowest BCUT2D eigenvalue weighted by molar-refractivity contribution is 0.587. The van der Waals surface area contributed by atoms with Gasteiger partial charge in [-0.05, 0) is 37.7 Å². The summed E-state index contributed by atoms with van der Waals surface area (Å²) in [5, 5.41) is 4.40. The maximum absolute atomic E-state index is 4.75. The molecule has 2 rings (SSSR count). The van der Waals surface area contributed by atoms with Crippen LogP contribution in [0.25, 0.3) is 10.2 Å². The van der Waals surface area contributed by atoms with Gasteiger partial charge in [0.25, 0.3) is 0 Å². The lowest BCUT2D eigenvalue weighted by Gasteiger charge is -2.13. The Hall–Kier alpha value is -0.930. The molecular formula is C14H20N2S. The standard InChI is InChI=1S/C14H20N2S/c1-14(2,3)13-16-11-9-10(7-8-15-4)5-6-12(11)17-13/h5-6,9,15H,7-8H2,1-4H3. The van der Waals surface area contributed by atoms with E-state index in [4.69, 9.17) is 4.98 Å². The smallest absolute Gasteiger partial charge is 0.0992 e. The van der Waals surface area contributed by atoms with Crippen molar-refractivity contribution in [3.63, 3.8) is 0 Å². The normalized spacial score (nSPS) is 12.2. The maximum Gasteiger partial charge on any atom is 0.0992 e. The summed E-state index contributed by atoms with van der Waals surface area (Å²) < 4.78 is 1.29. The number of rotatable bonds is 3. The molecule has 0 fully saturated rings. The fraction of sp³-hybridized carbons (Fsp3) is 0.500. The first-order valence-electron chi connectivity index (χ1n) is 6.05. The van der Waals surface area contributed by atoms with Gasteiger partial charge < -0.3 is 5.32 Å². The first kappa shape index (κ1) is 12.5. The Kier molecular flexibility index (Phi) is 3.50. The van der Waals surface area contributed by atoms with Gasteiger partial charge in [-0.1, -0.05) is 26.8 Å². The van der Waals surface area contributed by atoms with Crippen LogP contribution < -0.4 is 5.32 Å². The summed E-state index contributed by atoms with van der Waals surface area (Å²) >= 11 is 1.81. The van der Waals surface area contributed by atoms with Crippen LogP contribution in [0.4, 0.5) is 0 Å². The molecule has 92 valence electrons. The molecule has 2 aromatic rings. The largest absolute Gasteiger partial charge is 0.319 e. The number of benzene rings is 1. The summed E-state index contributed by atoms with van der Waals surface area (Å²) in [4.78, 5) is 4.75. The van der Waals surface area contributed by atoms with E-state index in [1.54, 1.807) is 0 Å². The fourth-order valence-electron chi connectivity index (χ4n) is 1.72. The summed E-state index contributed by atoms with van der Waals surface area (Å²) in [7, 11) is 1.99. The molecule has 3 heteroatoms. The third-order valence-corrected chi connectivity index (χ3v) is 4.22. The third kappa shape index (κ3) is 2.85. The van der Waals surface area contributed by atoms with Crippen LogP contribution in [-0.2, 0) is 11.8 Å². The van der Waals surface area contributed by atoms with Crippen LogP contribution >= 0.6 is 11.3 Å². The Bertz CT molecular complexity index is 508. The number of nitrogens with zero attached hydrogens (tertiary/aromatic N) is 1. The Labute approximate surface area is 107 Å². The van der Waals surface area contributed by atoms with Crippen LogP contribution in [-0.4, -0.2) is 18.6 Å². The summed E-state index contributed by atoms with van der Waals surface area (Å²) in [6, 6.07) is 6.63. The van der Waals surface area contributed by atoms with Crippen molar-refractivity contribution in [1.82, 2.24) is 10.3 Å². The zero-order valence-electron chi connectivity index (χ0n) is 11.0. The van der Waals surface area contributed by atoms with E-state index in [1.165, 1.54) is 15.3 Å². The van der Waals surface area contributed by atoms with E-state index in [0.29, 0.717) is 0 Å². The van der Waals surface area contributed by atoms with Crippen molar-refractivity contribution in [2.45, 2.75) is 32.6 Å². The van der Waals surface area contributed by atoms with Crippen molar-refractivity contribution in [3.8, 4) is 0 Å². The van der Waals surface area contributed by atoms with Crippen LogP contribution in [0.5, 0.6) is 0 Å². The highest BCUT2D eigenvalue weighted by Crippen LogP contribution is 2.31. The number of thiazole rings is 1. The zero-order valence-corrected chi connectivity index (χ0v) is 11.8. The molecule has 0 aliphatic heterocycles. The fourth-order valence-corrected chi connectivity index (χ4v) is 2.72. The Morgan fingerprint density at radius 2 is 2.06 bits per heavy atom. The zero-order chi connectivity index (χ0) is 12.5. The van der Waals surface area contributed by atoms with Gasteiger partial charge in [0.05, 0.1) is 15.2 Å². The van der Waals surface area contributed by atoms with Crippen LogP contribution in [0.15, 0.2) is 18.2 Å². The number of nitrogens with one attached hydrogen (secondary N) is 1. The number of aromatic nitrogens is 1. The minimum absolute atomic E-state index is 0.148. The second kappa shape index (κ2) is 4.75. The van der Waals surface area contributed by atoms with Gasteiger partial charge in [-0.2, -0.15) is 0 Å². The molecule has 17 heavy (non-hydrogen) atoms. The van der Waals surface area contributed by atoms with Gasteiger partial charge in [-0.15, -0.1) is 11.3 Å². The molecule has 1 aromatic heterocycles. The quantitative estimate of drug-likeness (QED) is 0.901. The number of likely N-dealkylation sites (N-methyl/N-ethyl adjacent to an activating group) is 1. The van der Waals surface area contributed by atoms with E-state index in [1.807, 2.05) is 18.4 Å². The summed E-state index contributed by atoms with van der Waals surface area (Å²) in [6.07, 6.45) is 1.06. The van der Waals surface area contributed by atoms with Gasteiger partial charge in [0, 0.05) is 5.41 Å². The molecule has 0 aliphatic rings. The molecule has 0 aliphatic carbocycles. The topological polar surface area (TPSA) is 24.9 Å². The van der Waals surface area contributed by atoms with Gasteiger partial charge in [-0.3, -0.25) is 0 Å². The second-order valence-electron chi connectivity index (χ2n) is 5.42. The van der Waals surface area contributed by atoms with Gasteiger partial charge in [0.15, 0.2) is 0 Å². The van der Waals surface area contributed by atoms with E-state index in [0.717, 1.165) is 18.5 Å². The predicted molar refractivity (Wildman–Crippen MR) is 76.0 cm³/mol. The average Bonchev–Trinajstić information content (AvgIpc) is 2.68. The Balaban J connectivity index is 2.34. The number of hydrogen-bond donors (Lipinski definition) is 1. The lowest BCUT2D eigenvalue weighted by Crippen LogP contribution is -2.10. The van der Waals surface area contributed by atoms with Crippen LogP contribution in [0.2, 0.25) is 0 Å². The number of hydrogen-bond acceptors (Lipinski definition) is 3. The molecule has 1 N–H and O–H groups in total. The molecule has 0 saturated carbocycles. The average molecular weight is 248 g/mol. The summed E-state index contributed by atoms with van der Waals surface area (Å²) in [6.45, 7) is 7.66. The Morgan fingerprint density at radius 3 is 2.71 bits per heavy atom. The first-order chi connectivity index (χ1) is 8.00. The minimum Gasteiger partial charge on any atom is -0.319 e. The van der Waals surface area contributed by atoms with E-state index in [9.17, 15) is 0 Å². The van der Waals surface area contributed by atoms with Gasteiger partial charge in [0.1, 0.15) is 0 Å². The van der Waals surface area contributed by atoms with E-state index in [2.05, 4.69) is 44.3 Å². The van der Waals surface area contributed by atoms with Gasteiger partial charge in [0.2, 0.25) is 0 Å². The Morgan fingerprint density at radius 1 is 1.29 bits per heavy atom. The molecule has 0 atom stereocenters.